The highest BCUT2D eigenvalue weighted by Crippen LogP contribution is 2.70. The first-order valence-corrected chi connectivity index (χ1v) is 20.4. The van der Waals surface area contributed by atoms with Gasteiger partial charge in [0.15, 0.2) is 0 Å². The highest BCUT2D eigenvalue weighted by molar-refractivity contribution is 5.98. The van der Waals surface area contributed by atoms with E-state index in [2.05, 4.69) is 113 Å². The van der Waals surface area contributed by atoms with Crippen LogP contribution in [0.3, 0.4) is 0 Å². The molecule has 258 valence electrons. The predicted molar refractivity (Wildman–Crippen MR) is 207 cm³/mol. The van der Waals surface area contributed by atoms with E-state index in [0.717, 1.165) is 29.1 Å². The SMILES string of the molecule is CC(C)c1ccc2c(ccc3[n+]2C2(c4ccc5c(c4-3)C(C)(C)c3c-5oc4ccccc34)C(C3CCCCC3)C(C(C)C)C2C2CCCCC2)c1. The van der Waals surface area contributed by atoms with Gasteiger partial charge in [-0.1, -0.05) is 116 Å². The second-order valence-electron chi connectivity index (χ2n) is 18.4. The van der Waals surface area contributed by atoms with Gasteiger partial charge in [-0.3, -0.25) is 0 Å². The van der Waals surface area contributed by atoms with Crippen molar-refractivity contribution in [3.63, 3.8) is 0 Å². The summed E-state index contributed by atoms with van der Waals surface area (Å²) in [5.41, 5.74) is 12.6. The molecule has 5 aliphatic rings. The van der Waals surface area contributed by atoms with Crippen molar-refractivity contribution in [1.29, 1.82) is 0 Å². The molecule has 5 aromatic rings. The number of aromatic nitrogens is 1. The monoisotopic (exact) mass is 662 g/mol. The van der Waals surface area contributed by atoms with E-state index in [4.69, 9.17) is 4.42 Å². The molecule has 0 bridgehead atoms. The summed E-state index contributed by atoms with van der Waals surface area (Å²) < 4.78 is 9.81. The van der Waals surface area contributed by atoms with Gasteiger partial charge in [-0.15, -0.1) is 0 Å². The molecule has 0 saturated heterocycles. The fraction of sp³-hybridized carbons (Fsp3) is 0.521. The first-order chi connectivity index (χ1) is 24.2. The molecule has 0 N–H and O–H groups in total. The second-order valence-corrected chi connectivity index (χ2v) is 18.4. The fourth-order valence-electron chi connectivity index (χ4n) is 13.1. The summed E-state index contributed by atoms with van der Waals surface area (Å²) in [4.78, 5) is 0. The zero-order valence-corrected chi connectivity index (χ0v) is 31.3. The van der Waals surface area contributed by atoms with Gasteiger partial charge in [-0.05, 0) is 84.6 Å². The molecule has 3 fully saturated rings. The Hall–Kier alpha value is -3.39. The summed E-state index contributed by atoms with van der Waals surface area (Å²) in [5.74, 6) is 5.96. The molecule has 3 saturated carbocycles. The smallest absolute Gasteiger partial charge is 0.214 e. The van der Waals surface area contributed by atoms with Crippen LogP contribution >= 0.6 is 0 Å². The lowest BCUT2D eigenvalue weighted by Crippen LogP contribution is -2.77. The Balaban J connectivity index is 1.32. The summed E-state index contributed by atoms with van der Waals surface area (Å²) in [7, 11) is 0. The molecular formula is C48H56NO+. The Bertz CT molecular complexity index is 2120. The van der Waals surface area contributed by atoms with Crippen molar-refractivity contribution < 1.29 is 8.98 Å². The van der Waals surface area contributed by atoms with Gasteiger partial charge in [-0.2, -0.15) is 4.57 Å². The van der Waals surface area contributed by atoms with E-state index < -0.39 is 0 Å². The number of para-hydroxylation sites is 1. The lowest BCUT2D eigenvalue weighted by molar-refractivity contribution is -0.758. The molecule has 3 heterocycles. The molecule has 0 amide bonds. The highest BCUT2D eigenvalue weighted by atomic mass is 16.3. The molecule has 2 nitrogen and oxygen atoms in total. The van der Waals surface area contributed by atoms with Gasteiger partial charge in [0.1, 0.15) is 11.3 Å². The molecule has 3 aromatic carbocycles. The number of pyridine rings is 1. The van der Waals surface area contributed by atoms with E-state index in [0.29, 0.717) is 23.7 Å². The third kappa shape index (κ3) is 3.95. The molecule has 2 unspecified atom stereocenters. The number of hydrogen-bond acceptors (Lipinski definition) is 1. The van der Waals surface area contributed by atoms with Crippen LogP contribution in [0.5, 0.6) is 0 Å². The van der Waals surface area contributed by atoms with Crippen LogP contribution in [-0.2, 0) is 11.0 Å². The molecule has 10 rings (SSSR count). The van der Waals surface area contributed by atoms with E-state index in [1.54, 1.807) is 11.1 Å². The van der Waals surface area contributed by atoms with Crippen molar-refractivity contribution in [2.75, 3.05) is 0 Å². The lowest BCUT2D eigenvalue weighted by atomic mass is 9.39. The molecule has 2 aromatic heterocycles. The Labute approximate surface area is 299 Å². The van der Waals surface area contributed by atoms with E-state index >= 15 is 0 Å². The minimum atomic E-state index is -0.162. The van der Waals surface area contributed by atoms with Crippen LogP contribution in [-0.4, -0.2) is 0 Å². The maximum atomic E-state index is 6.79. The first kappa shape index (κ1) is 31.4. The minimum Gasteiger partial charge on any atom is -0.456 e. The quantitative estimate of drug-likeness (QED) is 0.175. The first-order valence-electron chi connectivity index (χ1n) is 20.4. The summed E-state index contributed by atoms with van der Waals surface area (Å²) in [6, 6.07) is 26.4. The van der Waals surface area contributed by atoms with Crippen LogP contribution in [0, 0.1) is 35.5 Å². The molecule has 1 spiro atoms. The van der Waals surface area contributed by atoms with Gasteiger partial charge in [0.05, 0.1) is 5.56 Å². The third-order valence-corrected chi connectivity index (χ3v) is 14.9. The maximum absolute atomic E-state index is 6.79. The van der Waals surface area contributed by atoms with Gasteiger partial charge >= 0.3 is 0 Å². The van der Waals surface area contributed by atoms with Crippen molar-refractivity contribution in [3.05, 3.63) is 89.0 Å². The number of hydrogen-bond donors (Lipinski definition) is 0. The van der Waals surface area contributed by atoms with Crippen molar-refractivity contribution in [3.8, 4) is 22.6 Å². The van der Waals surface area contributed by atoms with Crippen molar-refractivity contribution in [1.82, 2.24) is 0 Å². The molecular weight excluding hydrogens is 607 g/mol. The van der Waals surface area contributed by atoms with Gasteiger partial charge in [-0.25, -0.2) is 0 Å². The van der Waals surface area contributed by atoms with Crippen molar-refractivity contribution in [2.45, 2.75) is 123 Å². The fourth-order valence-corrected chi connectivity index (χ4v) is 13.1. The third-order valence-electron chi connectivity index (χ3n) is 14.9. The normalized spacial score (nSPS) is 27.2. The van der Waals surface area contributed by atoms with Crippen molar-refractivity contribution in [2.24, 2.45) is 35.5 Å². The average Bonchev–Trinajstić information content (AvgIpc) is 3.73. The number of furan rings is 1. The van der Waals surface area contributed by atoms with Gasteiger partial charge in [0.2, 0.25) is 16.7 Å². The van der Waals surface area contributed by atoms with Crippen LogP contribution in [0.2, 0.25) is 0 Å². The zero-order valence-electron chi connectivity index (χ0n) is 31.3. The molecule has 2 heteroatoms. The van der Waals surface area contributed by atoms with Gasteiger partial charge in [0, 0.05) is 56.8 Å². The molecule has 50 heavy (non-hydrogen) atoms. The second kappa shape index (κ2) is 11.1. The molecule has 0 radical (unpaired) electrons. The number of fused-ring (bicyclic) bond motifs is 13. The Morgan fingerprint density at radius 2 is 1.40 bits per heavy atom. The van der Waals surface area contributed by atoms with Crippen LogP contribution in [0.15, 0.2) is 71.1 Å². The standard InChI is InChI=1S/C48H56NO/c1-28(2)32-21-25-37-33(27-32)22-26-38-41-36(24-23-35-44(41)47(5,6)45-34-19-13-14-20-39(34)50-46(35)45)48(49(37)38)42(30-15-9-7-10-16-30)40(29(3)4)43(48)31-17-11-8-12-18-31/h13-14,19-31,40,42-43H,7-12,15-18H2,1-6H3/q+1. The predicted octanol–water partition coefficient (Wildman–Crippen LogP) is 12.7. The summed E-state index contributed by atoms with van der Waals surface area (Å²) in [6.07, 6.45) is 14.0. The summed E-state index contributed by atoms with van der Waals surface area (Å²) >= 11 is 0. The summed E-state index contributed by atoms with van der Waals surface area (Å²) in [5, 5.41) is 2.69. The average molecular weight is 663 g/mol. The van der Waals surface area contributed by atoms with Crippen LogP contribution in [0.25, 0.3) is 44.5 Å². The topological polar surface area (TPSA) is 17.0 Å². The van der Waals surface area contributed by atoms with Crippen LogP contribution < -0.4 is 4.57 Å². The van der Waals surface area contributed by atoms with Gasteiger partial charge < -0.3 is 4.42 Å². The summed E-state index contributed by atoms with van der Waals surface area (Å²) in [6.45, 7) is 14.8. The number of nitrogens with zero attached hydrogens (tertiary/aromatic N) is 1. The number of benzene rings is 3. The number of rotatable bonds is 4. The molecule has 2 atom stereocenters. The van der Waals surface area contributed by atoms with E-state index in [1.165, 1.54) is 108 Å². The maximum Gasteiger partial charge on any atom is 0.214 e. The van der Waals surface area contributed by atoms with E-state index in [-0.39, 0.29) is 11.0 Å². The van der Waals surface area contributed by atoms with Crippen LogP contribution in [0.4, 0.5) is 0 Å². The molecule has 1 aliphatic heterocycles. The Kier molecular flexibility index (Phi) is 6.93. The largest absolute Gasteiger partial charge is 0.456 e. The van der Waals surface area contributed by atoms with E-state index in [1.807, 2.05) is 0 Å². The minimum absolute atomic E-state index is 0.0145. The highest BCUT2D eigenvalue weighted by Gasteiger charge is 2.76. The Morgan fingerprint density at radius 1 is 0.720 bits per heavy atom. The Morgan fingerprint density at radius 3 is 2.06 bits per heavy atom. The zero-order chi connectivity index (χ0) is 34.1. The van der Waals surface area contributed by atoms with E-state index in [9.17, 15) is 0 Å². The molecule has 4 aliphatic carbocycles. The van der Waals surface area contributed by atoms with Gasteiger partial charge in [0.25, 0.3) is 0 Å². The van der Waals surface area contributed by atoms with Crippen molar-refractivity contribution >= 4 is 21.9 Å². The lowest BCUT2D eigenvalue weighted by Gasteiger charge is -2.63. The van der Waals surface area contributed by atoms with Crippen LogP contribution in [0.1, 0.15) is 134 Å².